The van der Waals surface area contributed by atoms with Gasteiger partial charge in [0.05, 0.1) is 0 Å². The first-order valence-corrected chi connectivity index (χ1v) is 7.46. The van der Waals surface area contributed by atoms with E-state index in [4.69, 9.17) is 16.3 Å². The molecule has 1 unspecified atom stereocenters. The van der Waals surface area contributed by atoms with Gasteiger partial charge in [0.25, 0.3) is 5.91 Å². The summed E-state index contributed by atoms with van der Waals surface area (Å²) in [5.74, 6) is 0.514. The molecule has 0 saturated carbocycles. The van der Waals surface area contributed by atoms with E-state index < -0.39 is 6.10 Å². The number of amides is 1. The predicted octanol–water partition coefficient (Wildman–Crippen LogP) is 2.37. The highest BCUT2D eigenvalue weighted by atomic mass is 35.5. The van der Waals surface area contributed by atoms with Crippen LogP contribution in [0.25, 0.3) is 0 Å². The second kappa shape index (κ2) is 7.50. The standard InChI is InChI=1S/C15H21ClN2O2/c1-11(20-14-6-2-4-12(16)10-14)15(19)18-9-7-13-5-3-8-17-13/h2,4,6,10-11,13,17H,3,5,7-9H2,1H3,(H,18,19)/t11?,13-/m0/s1. The first-order valence-electron chi connectivity index (χ1n) is 7.08. The highest BCUT2D eigenvalue weighted by molar-refractivity contribution is 6.30. The van der Waals surface area contributed by atoms with Crippen molar-refractivity contribution >= 4 is 17.5 Å². The van der Waals surface area contributed by atoms with Crippen LogP contribution in [0, 0.1) is 0 Å². The van der Waals surface area contributed by atoms with Crippen molar-refractivity contribution in [3.05, 3.63) is 29.3 Å². The molecule has 110 valence electrons. The molecule has 1 aliphatic heterocycles. The Labute approximate surface area is 124 Å². The van der Waals surface area contributed by atoms with Crippen LogP contribution < -0.4 is 15.4 Å². The molecule has 0 spiro atoms. The van der Waals surface area contributed by atoms with Gasteiger partial charge in [-0.15, -0.1) is 0 Å². The summed E-state index contributed by atoms with van der Waals surface area (Å²) in [6, 6.07) is 7.60. The molecule has 1 aliphatic rings. The van der Waals surface area contributed by atoms with Gasteiger partial charge in [-0.05, 0) is 50.9 Å². The van der Waals surface area contributed by atoms with Crippen molar-refractivity contribution in [2.45, 2.75) is 38.3 Å². The zero-order chi connectivity index (χ0) is 14.4. The highest BCUT2D eigenvalue weighted by Gasteiger charge is 2.17. The molecule has 1 saturated heterocycles. The van der Waals surface area contributed by atoms with Gasteiger partial charge >= 0.3 is 0 Å². The first-order chi connectivity index (χ1) is 9.65. The van der Waals surface area contributed by atoms with Crippen molar-refractivity contribution in [2.75, 3.05) is 13.1 Å². The summed E-state index contributed by atoms with van der Waals surface area (Å²) in [6.45, 7) is 3.51. The van der Waals surface area contributed by atoms with Crippen LogP contribution in [0.4, 0.5) is 0 Å². The Morgan fingerprint density at radius 3 is 3.15 bits per heavy atom. The second-order valence-electron chi connectivity index (χ2n) is 5.09. The number of hydrogen-bond acceptors (Lipinski definition) is 3. The van der Waals surface area contributed by atoms with Gasteiger partial charge < -0.3 is 15.4 Å². The molecular weight excluding hydrogens is 276 g/mol. The number of carbonyl (C=O) groups excluding carboxylic acids is 1. The molecule has 0 bridgehead atoms. The summed E-state index contributed by atoms with van der Waals surface area (Å²) in [7, 11) is 0. The first kappa shape index (κ1) is 15.1. The lowest BCUT2D eigenvalue weighted by molar-refractivity contribution is -0.127. The fourth-order valence-corrected chi connectivity index (χ4v) is 2.49. The van der Waals surface area contributed by atoms with Crippen LogP contribution >= 0.6 is 11.6 Å². The zero-order valence-corrected chi connectivity index (χ0v) is 12.5. The Balaban J connectivity index is 1.71. The Kier molecular flexibility index (Phi) is 5.68. The van der Waals surface area contributed by atoms with Crippen LogP contribution in [-0.4, -0.2) is 31.1 Å². The van der Waals surface area contributed by atoms with Crippen molar-refractivity contribution in [1.29, 1.82) is 0 Å². The minimum atomic E-state index is -0.523. The number of benzene rings is 1. The summed E-state index contributed by atoms with van der Waals surface area (Å²) in [6.07, 6.45) is 2.87. The van der Waals surface area contributed by atoms with Crippen LogP contribution in [0.2, 0.25) is 5.02 Å². The van der Waals surface area contributed by atoms with Gasteiger partial charge in [0.2, 0.25) is 0 Å². The summed E-state index contributed by atoms with van der Waals surface area (Å²) < 4.78 is 5.57. The van der Waals surface area contributed by atoms with Crippen LogP contribution in [0.15, 0.2) is 24.3 Å². The quantitative estimate of drug-likeness (QED) is 0.847. The van der Waals surface area contributed by atoms with Crippen molar-refractivity contribution < 1.29 is 9.53 Å². The molecular formula is C15H21ClN2O2. The van der Waals surface area contributed by atoms with Crippen molar-refractivity contribution in [1.82, 2.24) is 10.6 Å². The smallest absolute Gasteiger partial charge is 0.260 e. The Bertz CT molecular complexity index is 447. The molecule has 1 amide bonds. The van der Waals surface area contributed by atoms with Crippen molar-refractivity contribution in [3.63, 3.8) is 0 Å². The zero-order valence-electron chi connectivity index (χ0n) is 11.7. The lowest BCUT2D eigenvalue weighted by Crippen LogP contribution is -2.38. The maximum atomic E-state index is 11.9. The lowest BCUT2D eigenvalue weighted by atomic mass is 10.1. The predicted molar refractivity (Wildman–Crippen MR) is 80.2 cm³/mol. The van der Waals surface area contributed by atoms with Gasteiger partial charge in [-0.2, -0.15) is 0 Å². The molecule has 2 atom stereocenters. The second-order valence-corrected chi connectivity index (χ2v) is 5.53. The van der Waals surface area contributed by atoms with E-state index in [0.29, 0.717) is 23.4 Å². The Hall–Kier alpha value is -1.26. The molecule has 2 N–H and O–H groups in total. The fraction of sp³-hybridized carbons (Fsp3) is 0.533. The average molecular weight is 297 g/mol. The summed E-state index contributed by atoms with van der Waals surface area (Å²) in [5.41, 5.74) is 0. The molecule has 0 radical (unpaired) electrons. The molecule has 1 aromatic carbocycles. The van der Waals surface area contributed by atoms with E-state index in [-0.39, 0.29) is 5.91 Å². The van der Waals surface area contributed by atoms with Crippen molar-refractivity contribution in [3.8, 4) is 5.75 Å². The van der Waals surface area contributed by atoms with Gasteiger partial charge in [-0.1, -0.05) is 17.7 Å². The van der Waals surface area contributed by atoms with Crippen molar-refractivity contribution in [2.24, 2.45) is 0 Å². The molecule has 1 aromatic rings. The van der Waals surface area contributed by atoms with Crippen LogP contribution in [0.5, 0.6) is 5.75 Å². The maximum absolute atomic E-state index is 11.9. The number of halogens is 1. The van der Waals surface area contributed by atoms with E-state index in [1.54, 1.807) is 31.2 Å². The van der Waals surface area contributed by atoms with Gasteiger partial charge in [-0.25, -0.2) is 0 Å². The van der Waals surface area contributed by atoms with E-state index >= 15 is 0 Å². The SMILES string of the molecule is CC(Oc1cccc(Cl)c1)C(=O)NCC[C@@H]1CCCN1. The molecule has 20 heavy (non-hydrogen) atoms. The average Bonchev–Trinajstić information content (AvgIpc) is 2.91. The number of nitrogens with one attached hydrogen (secondary N) is 2. The summed E-state index contributed by atoms with van der Waals surface area (Å²) >= 11 is 5.88. The molecule has 1 fully saturated rings. The molecule has 5 heteroatoms. The third-order valence-electron chi connectivity index (χ3n) is 3.43. The Morgan fingerprint density at radius 1 is 1.60 bits per heavy atom. The monoisotopic (exact) mass is 296 g/mol. The molecule has 1 heterocycles. The van der Waals surface area contributed by atoms with Gasteiger partial charge in [-0.3, -0.25) is 4.79 Å². The lowest BCUT2D eigenvalue weighted by Gasteiger charge is -2.16. The van der Waals surface area contributed by atoms with E-state index in [1.807, 2.05) is 0 Å². The van der Waals surface area contributed by atoms with Crippen LogP contribution in [0.1, 0.15) is 26.2 Å². The van der Waals surface area contributed by atoms with Gasteiger partial charge in [0.1, 0.15) is 5.75 Å². The van der Waals surface area contributed by atoms with E-state index in [2.05, 4.69) is 10.6 Å². The third-order valence-corrected chi connectivity index (χ3v) is 3.67. The van der Waals surface area contributed by atoms with E-state index in [0.717, 1.165) is 13.0 Å². The third kappa shape index (κ3) is 4.69. The normalized spacial score (nSPS) is 19.6. The number of ether oxygens (including phenoxy) is 1. The van der Waals surface area contributed by atoms with Gasteiger partial charge in [0.15, 0.2) is 6.10 Å². The summed E-state index contributed by atoms with van der Waals surface area (Å²) in [5, 5.41) is 6.92. The minimum absolute atomic E-state index is 0.0945. The molecule has 0 aliphatic carbocycles. The van der Waals surface area contributed by atoms with Crippen LogP contribution in [-0.2, 0) is 4.79 Å². The number of carbonyl (C=O) groups is 1. The number of hydrogen-bond donors (Lipinski definition) is 2. The molecule has 0 aromatic heterocycles. The topological polar surface area (TPSA) is 50.4 Å². The highest BCUT2D eigenvalue weighted by Crippen LogP contribution is 2.18. The van der Waals surface area contributed by atoms with Crippen LogP contribution in [0.3, 0.4) is 0 Å². The van der Waals surface area contributed by atoms with E-state index in [9.17, 15) is 4.79 Å². The van der Waals surface area contributed by atoms with Gasteiger partial charge in [0, 0.05) is 17.6 Å². The fourth-order valence-electron chi connectivity index (χ4n) is 2.31. The van der Waals surface area contributed by atoms with E-state index in [1.165, 1.54) is 12.8 Å². The molecule has 2 rings (SSSR count). The minimum Gasteiger partial charge on any atom is -0.481 e. The summed E-state index contributed by atoms with van der Waals surface area (Å²) in [4.78, 5) is 11.9. The largest absolute Gasteiger partial charge is 0.481 e. The molecule has 4 nitrogen and oxygen atoms in total. The Morgan fingerprint density at radius 2 is 2.45 bits per heavy atom. The maximum Gasteiger partial charge on any atom is 0.260 e. The number of rotatable bonds is 6.